The summed E-state index contributed by atoms with van der Waals surface area (Å²) < 4.78 is 11.2. The fourth-order valence-electron chi connectivity index (χ4n) is 3.00. The number of primary amides is 1. The van der Waals surface area contributed by atoms with E-state index < -0.39 is 0 Å². The Kier molecular flexibility index (Phi) is 13.0. The Morgan fingerprint density at radius 2 is 1.73 bits per heavy atom. The Hall–Kier alpha value is -3.29. The Morgan fingerprint density at radius 3 is 2.39 bits per heavy atom. The Labute approximate surface area is 195 Å². The van der Waals surface area contributed by atoms with Crippen molar-refractivity contribution in [3.8, 4) is 17.3 Å². The average molecular weight is 457 g/mol. The number of hydrogen-bond donors (Lipinski definition) is 1. The van der Waals surface area contributed by atoms with E-state index >= 15 is 0 Å². The topological polar surface area (TPSA) is 121 Å². The molecule has 180 valence electrons. The number of nitrogens with two attached hydrogens (primary N) is 1. The lowest BCUT2D eigenvalue weighted by atomic mass is 10.1. The lowest BCUT2D eigenvalue weighted by Crippen LogP contribution is -2.01. The van der Waals surface area contributed by atoms with Crippen molar-refractivity contribution in [3.05, 3.63) is 36.2 Å². The van der Waals surface area contributed by atoms with Crippen LogP contribution < -0.4 is 10.5 Å². The Bertz CT molecular complexity index is 997. The van der Waals surface area contributed by atoms with E-state index in [1.54, 1.807) is 7.11 Å². The van der Waals surface area contributed by atoms with Crippen molar-refractivity contribution in [3.63, 3.8) is 0 Å². The summed E-state index contributed by atoms with van der Waals surface area (Å²) in [6.45, 7) is 7.22. The van der Waals surface area contributed by atoms with Crippen LogP contribution in [0.5, 0.6) is 5.88 Å². The highest BCUT2D eigenvalue weighted by Gasteiger charge is 2.16. The quantitative estimate of drug-likeness (QED) is 0.412. The number of Topliss-reactive ketones (excluding diaryl/α,β-unsaturated/α-hetero) is 1. The smallest absolute Gasteiger partial charge is 0.253 e. The first kappa shape index (κ1) is 27.7. The second-order valence-corrected chi connectivity index (χ2v) is 7.16. The Balaban J connectivity index is 0.000000820. The molecule has 1 aromatic carbocycles. The molecule has 0 saturated heterocycles. The van der Waals surface area contributed by atoms with E-state index in [0.717, 1.165) is 43.0 Å². The number of benzene rings is 1. The number of carbonyl (C=O) groups is 2. The normalized spacial score (nSPS) is 9.97. The van der Waals surface area contributed by atoms with Crippen molar-refractivity contribution < 1.29 is 18.7 Å². The number of ketones is 1. The number of ether oxygens (including phenoxy) is 1. The summed E-state index contributed by atoms with van der Waals surface area (Å²) in [6, 6.07) is 9.80. The number of fused-ring (bicyclic) bond motifs is 1. The van der Waals surface area contributed by atoms with Gasteiger partial charge in [-0.3, -0.25) is 9.59 Å². The highest BCUT2D eigenvalue weighted by Crippen LogP contribution is 2.30. The van der Waals surface area contributed by atoms with Crippen LogP contribution in [0, 0.1) is 0 Å². The van der Waals surface area contributed by atoms with Crippen molar-refractivity contribution in [1.82, 2.24) is 15.2 Å². The van der Waals surface area contributed by atoms with Gasteiger partial charge in [-0.1, -0.05) is 51.8 Å². The number of amides is 1. The van der Waals surface area contributed by atoms with Gasteiger partial charge in [0.2, 0.25) is 17.7 Å². The summed E-state index contributed by atoms with van der Waals surface area (Å²) in [5, 5.41) is 9.32. The van der Waals surface area contributed by atoms with Gasteiger partial charge in [-0.2, -0.15) is 0 Å². The monoisotopic (exact) mass is 456 g/mol. The van der Waals surface area contributed by atoms with E-state index in [1.807, 2.05) is 51.1 Å². The van der Waals surface area contributed by atoms with Gasteiger partial charge in [0, 0.05) is 31.6 Å². The van der Waals surface area contributed by atoms with E-state index in [-0.39, 0.29) is 5.91 Å². The summed E-state index contributed by atoms with van der Waals surface area (Å²) in [4.78, 5) is 25.0. The molecule has 0 fully saturated rings. The van der Waals surface area contributed by atoms with Gasteiger partial charge in [-0.25, -0.2) is 4.98 Å². The minimum absolute atomic E-state index is 0.333. The molecule has 2 N–H and O–H groups in total. The number of methoxy groups -OCH3 is 1. The number of nitrogens with zero attached hydrogens (tertiary/aromatic N) is 3. The number of pyridine rings is 1. The third-order valence-corrected chi connectivity index (χ3v) is 4.57. The van der Waals surface area contributed by atoms with E-state index in [1.165, 1.54) is 6.92 Å². The molecule has 8 heteroatoms. The van der Waals surface area contributed by atoms with Crippen molar-refractivity contribution in [2.45, 2.75) is 72.6 Å². The second kappa shape index (κ2) is 15.5. The summed E-state index contributed by atoms with van der Waals surface area (Å²) in [7, 11) is 1.58. The lowest BCUT2D eigenvalue weighted by Gasteiger charge is -2.06. The molecule has 3 aromatic rings. The van der Waals surface area contributed by atoms with Crippen molar-refractivity contribution in [2.75, 3.05) is 7.11 Å². The second-order valence-electron chi connectivity index (χ2n) is 7.16. The van der Waals surface area contributed by atoms with Crippen LogP contribution in [-0.4, -0.2) is 34.0 Å². The van der Waals surface area contributed by atoms with Gasteiger partial charge in [0.05, 0.1) is 12.6 Å². The van der Waals surface area contributed by atoms with Crippen LogP contribution >= 0.6 is 0 Å². The first-order valence-electron chi connectivity index (χ1n) is 11.5. The maximum Gasteiger partial charge on any atom is 0.253 e. The van der Waals surface area contributed by atoms with Crippen LogP contribution in [0.4, 0.5) is 0 Å². The molecular formula is C25H36N4O4. The van der Waals surface area contributed by atoms with Gasteiger partial charge >= 0.3 is 0 Å². The molecule has 2 aromatic heterocycles. The molecule has 0 aliphatic carbocycles. The van der Waals surface area contributed by atoms with E-state index in [2.05, 4.69) is 20.9 Å². The first-order valence-corrected chi connectivity index (χ1v) is 11.5. The third kappa shape index (κ3) is 9.80. The number of unbranched alkanes of at least 4 members (excludes halogenated alkanes) is 3. The number of carbonyl (C=O) groups excluding carboxylic acids is 2. The van der Waals surface area contributed by atoms with E-state index in [0.29, 0.717) is 41.8 Å². The molecule has 0 radical (unpaired) electrons. The number of aryl methyl sites for hydroxylation is 1. The molecule has 8 nitrogen and oxygen atoms in total. The van der Waals surface area contributed by atoms with Gasteiger partial charge in [-0.05, 0) is 25.0 Å². The number of hydrogen-bond acceptors (Lipinski definition) is 7. The van der Waals surface area contributed by atoms with Gasteiger partial charge in [0.25, 0.3) is 5.89 Å². The zero-order valence-corrected chi connectivity index (χ0v) is 20.4. The minimum atomic E-state index is -0.333. The molecule has 33 heavy (non-hydrogen) atoms. The van der Waals surface area contributed by atoms with Crippen LogP contribution in [0.2, 0.25) is 0 Å². The number of aromatic nitrogens is 3. The molecule has 0 unspecified atom stereocenters. The van der Waals surface area contributed by atoms with Crippen molar-refractivity contribution in [1.29, 1.82) is 0 Å². The minimum Gasteiger partial charge on any atom is -0.480 e. The van der Waals surface area contributed by atoms with Crippen molar-refractivity contribution in [2.24, 2.45) is 5.73 Å². The molecule has 0 spiro atoms. The zero-order chi connectivity index (χ0) is 24.6. The molecule has 0 saturated carbocycles. The van der Waals surface area contributed by atoms with Gasteiger partial charge in [0.1, 0.15) is 11.3 Å². The standard InChI is InChI=1S/C21H25N3O3.C2H5NO.C2H6/c1-3-16(25)11-6-4-5-7-13-19-23-24-21(27-19)17-14-15-10-8-9-12-18(15)22-20(17)26-2;1-2(3)4;1-2/h8-10,12,14H,3-7,11,13H2,1-2H3;1H3,(H2,3,4);1-2H3. The van der Waals surface area contributed by atoms with Crippen LogP contribution in [0.3, 0.4) is 0 Å². The molecule has 0 aliphatic rings. The SMILES string of the molecule is CC.CC(N)=O.CCC(=O)CCCCCCc1nnc(-c2cc3ccccc3nc2OC)o1. The summed E-state index contributed by atoms with van der Waals surface area (Å²) in [5.41, 5.74) is 6.03. The van der Waals surface area contributed by atoms with Crippen LogP contribution in [0.1, 0.15) is 72.1 Å². The van der Waals surface area contributed by atoms with Crippen LogP contribution in [-0.2, 0) is 16.0 Å². The fourth-order valence-corrected chi connectivity index (χ4v) is 3.00. The molecule has 0 bridgehead atoms. The molecule has 0 atom stereocenters. The van der Waals surface area contributed by atoms with E-state index in [9.17, 15) is 9.59 Å². The van der Waals surface area contributed by atoms with Crippen LogP contribution in [0.15, 0.2) is 34.7 Å². The molecular weight excluding hydrogens is 420 g/mol. The lowest BCUT2D eigenvalue weighted by molar-refractivity contribution is -0.119. The number of rotatable bonds is 10. The number of para-hydroxylation sites is 1. The maximum absolute atomic E-state index is 11.3. The molecule has 2 heterocycles. The van der Waals surface area contributed by atoms with E-state index in [4.69, 9.17) is 9.15 Å². The highest BCUT2D eigenvalue weighted by atomic mass is 16.5. The summed E-state index contributed by atoms with van der Waals surface area (Å²) >= 11 is 0. The van der Waals surface area contributed by atoms with Crippen molar-refractivity contribution >= 4 is 22.6 Å². The fraction of sp³-hybridized carbons (Fsp3) is 0.480. The van der Waals surface area contributed by atoms with Gasteiger partial charge < -0.3 is 14.9 Å². The molecule has 1 amide bonds. The summed E-state index contributed by atoms with van der Waals surface area (Å²) in [5.74, 6) is 1.53. The predicted octanol–water partition coefficient (Wildman–Crippen LogP) is 5.28. The third-order valence-electron chi connectivity index (χ3n) is 4.57. The van der Waals surface area contributed by atoms with Gasteiger partial charge in [0.15, 0.2) is 0 Å². The first-order chi connectivity index (χ1) is 15.9. The molecule has 3 rings (SSSR count). The summed E-state index contributed by atoms with van der Waals surface area (Å²) in [6.07, 6.45) is 6.09. The maximum atomic E-state index is 11.3. The largest absolute Gasteiger partial charge is 0.480 e. The van der Waals surface area contributed by atoms with Crippen LogP contribution in [0.25, 0.3) is 22.4 Å². The zero-order valence-electron chi connectivity index (χ0n) is 20.4. The molecule has 0 aliphatic heterocycles. The van der Waals surface area contributed by atoms with Gasteiger partial charge in [-0.15, -0.1) is 10.2 Å². The predicted molar refractivity (Wildman–Crippen MR) is 130 cm³/mol. The highest BCUT2D eigenvalue weighted by molar-refractivity contribution is 5.84. The average Bonchev–Trinajstić information content (AvgIpc) is 3.29. The Morgan fingerprint density at radius 1 is 1.06 bits per heavy atom.